The van der Waals surface area contributed by atoms with E-state index in [2.05, 4.69) is 17.2 Å². The summed E-state index contributed by atoms with van der Waals surface area (Å²) >= 11 is 0. The fourth-order valence-electron chi connectivity index (χ4n) is 2.27. The maximum atomic E-state index is 13.4. The molecular formula is C21H16FN. The minimum absolute atomic E-state index is 0.210. The van der Waals surface area contributed by atoms with Gasteiger partial charge in [0.2, 0.25) is 0 Å². The molecule has 0 fully saturated rings. The number of benzene rings is 3. The molecule has 3 aromatic carbocycles. The molecule has 0 saturated carbocycles. The standard InChI is InChI=1S/C21H16FN/c22-19-12-7-13-20(16-19)23-21(18-10-5-2-6-11-18)15-14-17-8-3-1-4-9-17/h1-13,16,21,23H/t21-/m0/s1. The third-order valence-corrected chi connectivity index (χ3v) is 3.40. The van der Waals surface area contributed by atoms with Gasteiger partial charge in [-0.25, -0.2) is 4.39 Å². The van der Waals surface area contributed by atoms with Gasteiger partial charge in [-0.2, -0.15) is 0 Å². The second-order valence-corrected chi connectivity index (χ2v) is 5.13. The first-order valence-corrected chi connectivity index (χ1v) is 7.45. The van der Waals surface area contributed by atoms with Crippen LogP contribution >= 0.6 is 0 Å². The zero-order valence-corrected chi connectivity index (χ0v) is 12.5. The highest BCUT2D eigenvalue weighted by atomic mass is 19.1. The molecule has 112 valence electrons. The van der Waals surface area contributed by atoms with Crippen molar-refractivity contribution in [2.24, 2.45) is 0 Å². The van der Waals surface area contributed by atoms with Crippen LogP contribution in [0.15, 0.2) is 84.9 Å². The van der Waals surface area contributed by atoms with Gasteiger partial charge >= 0.3 is 0 Å². The molecular weight excluding hydrogens is 285 g/mol. The van der Waals surface area contributed by atoms with Crippen LogP contribution in [0.4, 0.5) is 10.1 Å². The van der Waals surface area contributed by atoms with Gasteiger partial charge in [-0.3, -0.25) is 0 Å². The molecule has 1 N–H and O–H groups in total. The first-order valence-electron chi connectivity index (χ1n) is 7.45. The van der Waals surface area contributed by atoms with Crippen molar-refractivity contribution in [1.29, 1.82) is 0 Å². The van der Waals surface area contributed by atoms with E-state index in [4.69, 9.17) is 0 Å². The molecule has 23 heavy (non-hydrogen) atoms. The lowest BCUT2D eigenvalue weighted by Gasteiger charge is -2.15. The van der Waals surface area contributed by atoms with Crippen molar-refractivity contribution in [3.05, 3.63) is 102 Å². The molecule has 0 aliphatic heterocycles. The predicted molar refractivity (Wildman–Crippen MR) is 92.5 cm³/mol. The molecule has 0 aliphatic carbocycles. The number of hydrogen-bond donors (Lipinski definition) is 1. The lowest BCUT2D eigenvalue weighted by atomic mass is 10.1. The Balaban J connectivity index is 1.90. The van der Waals surface area contributed by atoms with Crippen LogP contribution in [0.25, 0.3) is 0 Å². The smallest absolute Gasteiger partial charge is 0.125 e. The Bertz CT molecular complexity index is 816. The van der Waals surface area contributed by atoms with E-state index < -0.39 is 0 Å². The highest BCUT2D eigenvalue weighted by Crippen LogP contribution is 2.19. The van der Waals surface area contributed by atoms with E-state index in [0.717, 1.165) is 11.1 Å². The van der Waals surface area contributed by atoms with Gasteiger partial charge in [0.1, 0.15) is 11.9 Å². The van der Waals surface area contributed by atoms with Gasteiger partial charge < -0.3 is 5.32 Å². The molecule has 0 spiro atoms. The normalized spacial score (nSPS) is 11.2. The minimum Gasteiger partial charge on any atom is -0.368 e. The molecule has 3 aromatic rings. The summed E-state index contributed by atoms with van der Waals surface area (Å²) in [4.78, 5) is 0. The summed E-state index contributed by atoms with van der Waals surface area (Å²) in [5, 5.41) is 3.29. The van der Waals surface area contributed by atoms with Crippen LogP contribution in [0, 0.1) is 17.7 Å². The number of hydrogen-bond acceptors (Lipinski definition) is 1. The van der Waals surface area contributed by atoms with E-state index in [1.165, 1.54) is 12.1 Å². The zero-order valence-electron chi connectivity index (χ0n) is 12.5. The van der Waals surface area contributed by atoms with Crippen molar-refractivity contribution >= 4 is 5.69 Å². The Morgan fingerprint density at radius 2 is 1.48 bits per heavy atom. The van der Waals surface area contributed by atoms with Crippen molar-refractivity contribution in [2.45, 2.75) is 6.04 Å². The topological polar surface area (TPSA) is 12.0 Å². The predicted octanol–water partition coefficient (Wildman–Crippen LogP) is 5.03. The first kappa shape index (κ1) is 14.9. The number of rotatable bonds is 3. The van der Waals surface area contributed by atoms with E-state index >= 15 is 0 Å². The van der Waals surface area contributed by atoms with Gasteiger partial charge in [-0.05, 0) is 35.9 Å². The van der Waals surface area contributed by atoms with Crippen molar-refractivity contribution in [2.75, 3.05) is 5.32 Å². The van der Waals surface area contributed by atoms with Gasteiger partial charge in [-0.1, -0.05) is 66.4 Å². The summed E-state index contributed by atoms with van der Waals surface area (Å²) in [6, 6.07) is 26.0. The molecule has 3 rings (SSSR count). The highest BCUT2D eigenvalue weighted by Gasteiger charge is 2.08. The second-order valence-electron chi connectivity index (χ2n) is 5.13. The number of anilines is 1. The average molecular weight is 301 g/mol. The maximum Gasteiger partial charge on any atom is 0.125 e. The zero-order chi connectivity index (χ0) is 15.9. The van der Waals surface area contributed by atoms with Crippen LogP contribution in [-0.4, -0.2) is 0 Å². The van der Waals surface area contributed by atoms with Crippen LogP contribution in [0.2, 0.25) is 0 Å². The van der Waals surface area contributed by atoms with Crippen LogP contribution in [0.5, 0.6) is 0 Å². The van der Waals surface area contributed by atoms with E-state index in [1.807, 2.05) is 66.7 Å². The summed E-state index contributed by atoms with van der Waals surface area (Å²) in [5.74, 6) is 6.14. The van der Waals surface area contributed by atoms with Crippen molar-refractivity contribution in [3.63, 3.8) is 0 Å². The Labute approximate surface area is 135 Å². The second kappa shape index (κ2) is 7.29. The van der Waals surface area contributed by atoms with E-state index in [9.17, 15) is 4.39 Å². The Kier molecular flexibility index (Phi) is 4.71. The van der Waals surface area contributed by atoms with Crippen LogP contribution in [0.3, 0.4) is 0 Å². The van der Waals surface area contributed by atoms with E-state index in [1.54, 1.807) is 6.07 Å². The summed E-state index contributed by atoms with van der Waals surface area (Å²) < 4.78 is 13.4. The highest BCUT2D eigenvalue weighted by molar-refractivity contribution is 5.49. The molecule has 0 unspecified atom stereocenters. The molecule has 2 heteroatoms. The minimum atomic E-state index is -0.266. The molecule has 0 bridgehead atoms. The van der Waals surface area contributed by atoms with Crippen molar-refractivity contribution < 1.29 is 4.39 Å². The molecule has 0 aromatic heterocycles. The average Bonchev–Trinajstić information content (AvgIpc) is 2.60. The van der Waals surface area contributed by atoms with Gasteiger partial charge in [0.15, 0.2) is 0 Å². The third kappa shape index (κ3) is 4.21. The van der Waals surface area contributed by atoms with Crippen molar-refractivity contribution in [1.82, 2.24) is 0 Å². The summed E-state index contributed by atoms with van der Waals surface area (Å²) in [6.07, 6.45) is 0. The van der Waals surface area contributed by atoms with E-state index in [-0.39, 0.29) is 11.9 Å². The van der Waals surface area contributed by atoms with Gasteiger partial charge in [-0.15, -0.1) is 0 Å². The molecule has 1 nitrogen and oxygen atoms in total. The Morgan fingerprint density at radius 1 is 0.783 bits per heavy atom. The van der Waals surface area contributed by atoms with E-state index in [0.29, 0.717) is 5.69 Å². The lowest BCUT2D eigenvalue weighted by molar-refractivity contribution is 0.628. The Hall–Kier alpha value is -3.05. The molecule has 0 saturated heterocycles. The lowest BCUT2D eigenvalue weighted by Crippen LogP contribution is -2.08. The van der Waals surface area contributed by atoms with Crippen LogP contribution < -0.4 is 5.32 Å². The molecule has 0 heterocycles. The quantitative estimate of drug-likeness (QED) is 0.669. The van der Waals surface area contributed by atoms with Gasteiger partial charge in [0.25, 0.3) is 0 Å². The SMILES string of the molecule is Fc1cccc(N[C@@H](C#Cc2ccccc2)c2ccccc2)c1. The summed E-state index contributed by atoms with van der Waals surface area (Å²) in [6.45, 7) is 0. The summed E-state index contributed by atoms with van der Waals surface area (Å²) in [7, 11) is 0. The fourth-order valence-corrected chi connectivity index (χ4v) is 2.27. The van der Waals surface area contributed by atoms with Gasteiger partial charge in [0.05, 0.1) is 0 Å². The molecule has 0 aliphatic rings. The fraction of sp³-hybridized carbons (Fsp3) is 0.0476. The largest absolute Gasteiger partial charge is 0.368 e. The molecule has 0 amide bonds. The summed E-state index contributed by atoms with van der Waals surface area (Å²) in [5.41, 5.74) is 2.70. The Morgan fingerprint density at radius 3 is 2.17 bits per heavy atom. The van der Waals surface area contributed by atoms with Crippen LogP contribution in [0.1, 0.15) is 17.2 Å². The molecule has 0 radical (unpaired) electrons. The molecule has 1 atom stereocenters. The van der Waals surface area contributed by atoms with Gasteiger partial charge in [0, 0.05) is 11.3 Å². The maximum absolute atomic E-state index is 13.4. The monoisotopic (exact) mass is 301 g/mol. The van der Waals surface area contributed by atoms with Crippen molar-refractivity contribution in [3.8, 4) is 11.8 Å². The third-order valence-electron chi connectivity index (χ3n) is 3.40. The first-order chi connectivity index (χ1) is 11.3. The number of nitrogens with one attached hydrogen (secondary N) is 1. The number of halogens is 1. The van der Waals surface area contributed by atoms with Crippen LogP contribution in [-0.2, 0) is 0 Å².